The molecule has 0 spiro atoms. The van der Waals surface area contributed by atoms with Crippen molar-refractivity contribution in [3.05, 3.63) is 40.3 Å². The van der Waals surface area contributed by atoms with E-state index in [2.05, 4.69) is 9.97 Å². The van der Waals surface area contributed by atoms with Gasteiger partial charge in [-0.2, -0.15) is 18.2 Å². The number of ketones is 1. The zero-order chi connectivity index (χ0) is 24.0. The highest BCUT2D eigenvalue weighted by Crippen LogP contribution is 2.36. The van der Waals surface area contributed by atoms with Crippen LogP contribution in [0.5, 0.6) is 5.88 Å². The predicted molar refractivity (Wildman–Crippen MR) is 116 cm³/mol. The van der Waals surface area contributed by atoms with Crippen LogP contribution < -0.4 is 20.1 Å². The fraction of sp³-hybridized carbons (Fsp3) is 0.545. The summed E-state index contributed by atoms with van der Waals surface area (Å²) in [5.74, 6) is -0.0779. The van der Waals surface area contributed by atoms with Crippen LogP contribution in [0.3, 0.4) is 0 Å². The summed E-state index contributed by atoms with van der Waals surface area (Å²) in [6, 6.07) is 2.41. The number of hydrogen-bond donors (Lipinski definition) is 0. The predicted octanol–water partition coefficient (Wildman–Crippen LogP) is 2.04. The number of ether oxygens (including phenoxy) is 2. The van der Waals surface area contributed by atoms with Gasteiger partial charge < -0.3 is 19.3 Å². The lowest BCUT2D eigenvalue weighted by Gasteiger charge is -2.39. The average molecular weight is 479 g/mol. The zero-order valence-electron chi connectivity index (χ0n) is 18.5. The van der Waals surface area contributed by atoms with Crippen molar-refractivity contribution < 1.29 is 27.4 Å². The monoisotopic (exact) mass is 479 g/mol. The standard InChI is InChI=1S/C22H24F3N5O4/c1-2-33-19-4-3-13(9-26-19)16(31)11-30-17(22(23,24)25)5-6-28-20(32)8-18(27-21(28)30)29-10-15-7-14(29)12-34-15/h3-4,8-9,14-15,17H,2,5-7,10-12H2,1H3/t14-,15-,17-/m0/s1. The number of hydrogen-bond acceptors (Lipinski definition) is 8. The minimum atomic E-state index is -4.60. The Kier molecular flexibility index (Phi) is 5.70. The van der Waals surface area contributed by atoms with Crippen LogP contribution in [0.1, 0.15) is 30.1 Å². The average Bonchev–Trinajstić information content (AvgIpc) is 3.43. The van der Waals surface area contributed by atoms with Gasteiger partial charge in [-0.25, -0.2) is 4.98 Å². The Bertz CT molecular complexity index is 1140. The molecule has 0 saturated carbocycles. The third-order valence-corrected chi connectivity index (χ3v) is 6.47. The largest absolute Gasteiger partial charge is 0.478 e. The molecule has 2 bridgehead atoms. The van der Waals surface area contributed by atoms with E-state index in [4.69, 9.17) is 9.47 Å². The van der Waals surface area contributed by atoms with Crippen molar-refractivity contribution in [1.29, 1.82) is 0 Å². The van der Waals surface area contributed by atoms with Gasteiger partial charge in [0.25, 0.3) is 5.56 Å². The van der Waals surface area contributed by atoms with Crippen LogP contribution in [0.2, 0.25) is 0 Å². The summed E-state index contributed by atoms with van der Waals surface area (Å²) in [6.07, 6.45) is -2.86. The molecular formula is C22H24F3N5O4. The number of rotatable bonds is 6. The number of alkyl halides is 3. The molecule has 2 saturated heterocycles. The van der Waals surface area contributed by atoms with Gasteiger partial charge in [0, 0.05) is 37.0 Å². The number of carbonyl (C=O) groups excluding carboxylic acids is 1. The van der Waals surface area contributed by atoms with E-state index in [0.29, 0.717) is 31.5 Å². The summed E-state index contributed by atoms with van der Waals surface area (Å²) >= 11 is 0. The molecule has 182 valence electrons. The maximum Gasteiger partial charge on any atom is 0.408 e. The van der Waals surface area contributed by atoms with Gasteiger partial charge in [0.2, 0.25) is 11.8 Å². The van der Waals surface area contributed by atoms with Crippen molar-refractivity contribution >= 4 is 17.5 Å². The smallest absolute Gasteiger partial charge is 0.408 e. The number of anilines is 2. The highest BCUT2D eigenvalue weighted by atomic mass is 19.4. The Balaban J connectivity index is 1.49. The number of fused-ring (bicyclic) bond motifs is 3. The maximum atomic E-state index is 14.0. The SMILES string of the molecule is CCOc1ccc(C(=O)CN2c3nc(N4C[C@@H]5C[C@H]4CO5)cc(=O)n3CC[C@H]2C(F)(F)F)cn1. The Morgan fingerprint density at radius 1 is 1.32 bits per heavy atom. The molecule has 0 unspecified atom stereocenters. The molecule has 2 aromatic heterocycles. The molecule has 3 aliphatic rings. The van der Waals surface area contributed by atoms with Gasteiger partial charge in [-0.1, -0.05) is 0 Å². The zero-order valence-corrected chi connectivity index (χ0v) is 18.5. The van der Waals surface area contributed by atoms with Gasteiger partial charge in [0.1, 0.15) is 11.9 Å². The highest BCUT2D eigenvalue weighted by molar-refractivity contribution is 5.99. The van der Waals surface area contributed by atoms with E-state index in [-0.39, 0.29) is 36.6 Å². The molecule has 5 heterocycles. The first-order valence-electron chi connectivity index (χ1n) is 11.2. The number of halogens is 3. The number of Topliss-reactive ketones (excluding diaryl/α,β-unsaturated/α-hetero) is 1. The number of pyridine rings is 1. The summed E-state index contributed by atoms with van der Waals surface area (Å²) in [7, 11) is 0. The van der Waals surface area contributed by atoms with Crippen LogP contribution in [0, 0.1) is 0 Å². The van der Waals surface area contributed by atoms with Crippen molar-refractivity contribution in [3.8, 4) is 5.88 Å². The summed E-state index contributed by atoms with van der Waals surface area (Å²) in [4.78, 5) is 37.1. The van der Waals surface area contributed by atoms with Crippen molar-refractivity contribution in [2.75, 3.05) is 36.1 Å². The van der Waals surface area contributed by atoms with E-state index in [9.17, 15) is 22.8 Å². The van der Waals surface area contributed by atoms with Crippen LogP contribution in [0.4, 0.5) is 24.9 Å². The van der Waals surface area contributed by atoms with Gasteiger partial charge in [0.05, 0.1) is 31.9 Å². The fourth-order valence-corrected chi connectivity index (χ4v) is 4.83. The molecular weight excluding hydrogens is 455 g/mol. The van der Waals surface area contributed by atoms with E-state index in [0.717, 1.165) is 11.3 Å². The van der Waals surface area contributed by atoms with E-state index in [1.807, 2.05) is 4.90 Å². The Hall–Kier alpha value is -3.15. The van der Waals surface area contributed by atoms with E-state index in [1.165, 1.54) is 29.0 Å². The number of carbonyl (C=O) groups is 1. The third-order valence-electron chi connectivity index (χ3n) is 6.47. The van der Waals surface area contributed by atoms with E-state index < -0.39 is 30.1 Å². The molecule has 0 amide bonds. The molecule has 0 aromatic carbocycles. The highest BCUT2D eigenvalue weighted by Gasteiger charge is 2.48. The van der Waals surface area contributed by atoms with Crippen LogP contribution in [0.15, 0.2) is 29.2 Å². The molecule has 12 heteroatoms. The van der Waals surface area contributed by atoms with Gasteiger partial charge in [-0.3, -0.25) is 14.2 Å². The van der Waals surface area contributed by atoms with Gasteiger partial charge in [-0.05, 0) is 25.8 Å². The van der Waals surface area contributed by atoms with Gasteiger partial charge in [0.15, 0.2) is 5.78 Å². The first-order valence-corrected chi connectivity index (χ1v) is 11.2. The molecule has 5 rings (SSSR count). The summed E-state index contributed by atoms with van der Waals surface area (Å²) < 4.78 is 54.0. The first-order chi connectivity index (χ1) is 16.2. The molecule has 2 aromatic rings. The Morgan fingerprint density at radius 3 is 2.76 bits per heavy atom. The van der Waals surface area contributed by atoms with Gasteiger partial charge >= 0.3 is 6.18 Å². The molecule has 3 atom stereocenters. The quantitative estimate of drug-likeness (QED) is 0.582. The minimum Gasteiger partial charge on any atom is -0.478 e. The first kappa shape index (κ1) is 22.6. The molecule has 0 N–H and O–H groups in total. The molecule has 0 radical (unpaired) electrons. The molecule has 0 aliphatic carbocycles. The summed E-state index contributed by atoms with van der Waals surface area (Å²) in [5.41, 5.74) is -0.293. The molecule has 9 nitrogen and oxygen atoms in total. The second-order valence-electron chi connectivity index (χ2n) is 8.62. The fourth-order valence-electron chi connectivity index (χ4n) is 4.83. The third kappa shape index (κ3) is 4.10. The molecule has 3 aliphatic heterocycles. The molecule has 34 heavy (non-hydrogen) atoms. The lowest BCUT2D eigenvalue weighted by molar-refractivity contribution is -0.152. The Labute approximate surface area is 193 Å². The normalized spacial score (nSPS) is 23.8. The topological polar surface area (TPSA) is 89.8 Å². The van der Waals surface area contributed by atoms with Crippen molar-refractivity contribution in [1.82, 2.24) is 14.5 Å². The van der Waals surface area contributed by atoms with Crippen molar-refractivity contribution in [3.63, 3.8) is 0 Å². The maximum absolute atomic E-state index is 14.0. The van der Waals surface area contributed by atoms with Crippen LogP contribution in [0.25, 0.3) is 0 Å². The second-order valence-corrected chi connectivity index (χ2v) is 8.62. The lowest BCUT2D eigenvalue weighted by Crippen LogP contribution is -2.54. The van der Waals surface area contributed by atoms with Crippen LogP contribution in [-0.4, -0.2) is 71.0 Å². The molecule has 2 fully saturated rings. The van der Waals surface area contributed by atoms with Crippen molar-refractivity contribution in [2.24, 2.45) is 0 Å². The van der Waals surface area contributed by atoms with Gasteiger partial charge in [-0.15, -0.1) is 0 Å². The second kappa shape index (κ2) is 8.57. The number of nitrogens with zero attached hydrogens (tertiary/aromatic N) is 5. The van der Waals surface area contributed by atoms with Crippen LogP contribution in [-0.2, 0) is 11.3 Å². The van der Waals surface area contributed by atoms with Crippen molar-refractivity contribution in [2.45, 2.75) is 50.7 Å². The lowest BCUT2D eigenvalue weighted by atomic mass is 10.1. The summed E-state index contributed by atoms with van der Waals surface area (Å²) in [6.45, 7) is 2.48. The van der Waals surface area contributed by atoms with Crippen LogP contribution >= 0.6 is 0 Å². The number of morpholine rings is 1. The summed E-state index contributed by atoms with van der Waals surface area (Å²) in [5, 5.41) is 0. The Morgan fingerprint density at radius 2 is 2.15 bits per heavy atom. The number of aromatic nitrogens is 3. The van der Waals surface area contributed by atoms with E-state index in [1.54, 1.807) is 6.92 Å². The van der Waals surface area contributed by atoms with E-state index >= 15 is 0 Å². The minimum absolute atomic E-state index is 0.0263.